The van der Waals surface area contributed by atoms with E-state index in [0.29, 0.717) is 28.6 Å². The maximum atomic E-state index is 16.2. The van der Waals surface area contributed by atoms with Gasteiger partial charge in [-0.05, 0) is 50.8 Å². The van der Waals surface area contributed by atoms with Crippen molar-refractivity contribution in [2.24, 2.45) is 5.92 Å². The number of H-pyrrole nitrogens is 1. The first kappa shape index (κ1) is 28.5. The smallest absolute Gasteiger partial charge is 0.155 e. The molecule has 0 unspecified atom stereocenters. The van der Waals surface area contributed by atoms with E-state index < -0.39 is 5.82 Å². The summed E-state index contributed by atoms with van der Waals surface area (Å²) in [7, 11) is 1.77. The van der Waals surface area contributed by atoms with Crippen LogP contribution in [-0.2, 0) is 6.42 Å². The van der Waals surface area contributed by atoms with Gasteiger partial charge in [0, 0.05) is 57.5 Å². The summed E-state index contributed by atoms with van der Waals surface area (Å²) in [5.74, 6) is 0.731. The molecule has 0 spiro atoms. The van der Waals surface area contributed by atoms with Crippen LogP contribution >= 0.6 is 11.3 Å². The Kier molecular flexibility index (Phi) is 8.78. The molecule has 4 aromatic rings. The van der Waals surface area contributed by atoms with Gasteiger partial charge in [-0.1, -0.05) is 44.6 Å². The highest BCUT2D eigenvalue weighted by Gasteiger charge is 2.21. The van der Waals surface area contributed by atoms with Crippen molar-refractivity contribution in [3.05, 3.63) is 106 Å². The van der Waals surface area contributed by atoms with Gasteiger partial charge in [0.15, 0.2) is 5.82 Å². The fraction of sp³-hybridized carbons (Fsp3) is 0.303. The van der Waals surface area contributed by atoms with Crippen LogP contribution in [0.25, 0.3) is 16.8 Å². The standard InChI is InChI=1S/C33H37FN6S/c1-6-10-26(29-14-13-20(2)41-29)32-22(4)39-30(40-32)16-27-28(35-5)19-37-33(31(27)34)24-15-25(18-36-17-24)38-21(3)23-11-8-7-9-12-23/h6,10,13-15,17-19,23,35,38H,1,3,7-9,11-12,16H2,2,4-5H3,(H,39,40)/b26-10-. The maximum Gasteiger partial charge on any atom is 0.155 e. The molecule has 1 fully saturated rings. The van der Waals surface area contributed by atoms with E-state index in [0.717, 1.165) is 46.1 Å². The molecule has 0 atom stereocenters. The Morgan fingerprint density at radius 3 is 2.68 bits per heavy atom. The van der Waals surface area contributed by atoms with Crippen molar-refractivity contribution in [2.45, 2.75) is 52.4 Å². The Labute approximate surface area is 245 Å². The summed E-state index contributed by atoms with van der Waals surface area (Å²) in [6.45, 7) is 12.2. The molecule has 41 heavy (non-hydrogen) atoms. The van der Waals surface area contributed by atoms with Crippen LogP contribution in [0.5, 0.6) is 0 Å². The fourth-order valence-electron chi connectivity index (χ4n) is 5.50. The predicted molar refractivity (Wildman–Crippen MR) is 169 cm³/mol. The zero-order valence-corrected chi connectivity index (χ0v) is 24.8. The lowest BCUT2D eigenvalue weighted by Gasteiger charge is -2.24. The van der Waals surface area contributed by atoms with Crippen molar-refractivity contribution in [3.8, 4) is 11.3 Å². The number of pyridine rings is 2. The lowest BCUT2D eigenvalue weighted by Crippen LogP contribution is -2.14. The van der Waals surface area contributed by atoms with Crippen LogP contribution in [0.15, 0.2) is 67.8 Å². The number of imidazole rings is 1. The monoisotopic (exact) mass is 568 g/mol. The van der Waals surface area contributed by atoms with Gasteiger partial charge in [-0.15, -0.1) is 11.3 Å². The molecule has 1 aliphatic rings. The van der Waals surface area contributed by atoms with Gasteiger partial charge in [0.1, 0.15) is 11.5 Å². The predicted octanol–water partition coefficient (Wildman–Crippen LogP) is 8.44. The number of anilines is 2. The number of hydrogen-bond acceptors (Lipinski definition) is 6. The van der Waals surface area contributed by atoms with Crippen LogP contribution in [0, 0.1) is 25.6 Å². The van der Waals surface area contributed by atoms with Crippen LogP contribution in [0.1, 0.15) is 64.6 Å². The molecule has 0 saturated heterocycles. The molecule has 0 radical (unpaired) electrons. The van der Waals surface area contributed by atoms with E-state index in [-0.39, 0.29) is 12.1 Å². The van der Waals surface area contributed by atoms with Crippen molar-refractivity contribution in [1.82, 2.24) is 19.9 Å². The van der Waals surface area contributed by atoms with Gasteiger partial charge in [-0.25, -0.2) is 9.37 Å². The summed E-state index contributed by atoms with van der Waals surface area (Å²) >= 11 is 1.71. The molecular formula is C33H37FN6S. The molecule has 8 heteroatoms. The molecule has 212 valence electrons. The minimum absolute atomic E-state index is 0.253. The lowest BCUT2D eigenvalue weighted by atomic mass is 9.87. The largest absolute Gasteiger partial charge is 0.387 e. The minimum Gasteiger partial charge on any atom is -0.387 e. The molecule has 1 saturated carbocycles. The third-order valence-corrected chi connectivity index (χ3v) is 8.66. The van der Waals surface area contributed by atoms with Gasteiger partial charge in [0.05, 0.1) is 29.5 Å². The highest BCUT2D eigenvalue weighted by Crippen LogP contribution is 2.34. The van der Waals surface area contributed by atoms with Crippen LogP contribution in [-0.4, -0.2) is 27.0 Å². The molecule has 0 aliphatic heterocycles. The van der Waals surface area contributed by atoms with Crippen LogP contribution < -0.4 is 10.6 Å². The number of nitrogens with zero attached hydrogens (tertiary/aromatic N) is 3. The summed E-state index contributed by atoms with van der Waals surface area (Å²) in [6.07, 6.45) is 15.1. The average Bonchev–Trinajstić information content (AvgIpc) is 3.58. The molecule has 0 bridgehead atoms. The van der Waals surface area contributed by atoms with Crippen LogP contribution in [0.4, 0.5) is 15.8 Å². The zero-order valence-electron chi connectivity index (χ0n) is 24.0. The first-order chi connectivity index (χ1) is 19.9. The van der Waals surface area contributed by atoms with Crippen LogP contribution in [0.3, 0.4) is 0 Å². The SMILES string of the molecule is C=C/C=C(/c1ccc(C)s1)c1nc(Cc2c(NC)cnc(-c3cncc(NC(=C)C4CCCCC4)c3)c2F)[nH]c1C. The third kappa shape index (κ3) is 6.33. The summed E-state index contributed by atoms with van der Waals surface area (Å²) in [5, 5.41) is 6.51. The molecule has 0 amide bonds. The summed E-state index contributed by atoms with van der Waals surface area (Å²) in [6, 6.07) is 6.08. The van der Waals surface area contributed by atoms with Crippen molar-refractivity contribution in [1.29, 1.82) is 0 Å². The fourth-order valence-corrected chi connectivity index (χ4v) is 6.40. The quantitative estimate of drug-likeness (QED) is 0.167. The van der Waals surface area contributed by atoms with Gasteiger partial charge < -0.3 is 15.6 Å². The molecule has 5 rings (SSSR count). The van der Waals surface area contributed by atoms with E-state index >= 15 is 4.39 Å². The molecular weight excluding hydrogens is 531 g/mol. The summed E-state index contributed by atoms with van der Waals surface area (Å²) in [4.78, 5) is 19.5. The van der Waals surface area contributed by atoms with Crippen LogP contribution in [0.2, 0.25) is 0 Å². The first-order valence-electron chi connectivity index (χ1n) is 14.1. The van der Waals surface area contributed by atoms with E-state index in [1.54, 1.807) is 43.1 Å². The number of halogens is 1. The summed E-state index contributed by atoms with van der Waals surface area (Å²) < 4.78 is 16.2. The molecule has 4 aromatic heterocycles. The highest BCUT2D eigenvalue weighted by atomic mass is 32.1. The van der Waals surface area contributed by atoms with Gasteiger partial charge in [0.2, 0.25) is 0 Å². The third-order valence-electron chi connectivity index (χ3n) is 7.63. The van der Waals surface area contributed by atoms with E-state index in [1.165, 1.54) is 24.1 Å². The minimum atomic E-state index is -0.395. The number of aryl methyl sites for hydroxylation is 2. The number of rotatable bonds is 10. The Balaban J connectivity index is 1.44. The van der Waals surface area contributed by atoms with Gasteiger partial charge >= 0.3 is 0 Å². The number of nitrogens with one attached hydrogen (secondary N) is 3. The Hall–Kier alpha value is -4.04. The molecule has 6 nitrogen and oxygen atoms in total. The Bertz CT molecular complexity index is 1590. The number of aromatic nitrogens is 4. The molecule has 1 aliphatic carbocycles. The average molecular weight is 569 g/mol. The van der Waals surface area contributed by atoms with E-state index in [2.05, 4.69) is 57.8 Å². The first-order valence-corrected chi connectivity index (χ1v) is 14.9. The topological polar surface area (TPSA) is 78.5 Å². The molecule has 3 N–H and O–H groups in total. The zero-order chi connectivity index (χ0) is 28.9. The Morgan fingerprint density at radius 1 is 1.17 bits per heavy atom. The van der Waals surface area contributed by atoms with Crippen molar-refractivity contribution < 1.29 is 4.39 Å². The second kappa shape index (κ2) is 12.6. The van der Waals surface area contributed by atoms with Crippen molar-refractivity contribution >= 4 is 28.3 Å². The highest BCUT2D eigenvalue weighted by molar-refractivity contribution is 7.13. The lowest BCUT2D eigenvalue weighted by molar-refractivity contribution is 0.405. The van der Waals surface area contributed by atoms with E-state index in [4.69, 9.17) is 4.98 Å². The Morgan fingerprint density at radius 2 is 1.98 bits per heavy atom. The second-order valence-electron chi connectivity index (χ2n) is 10.6. The van der Waals surface area contributed by atoms with Crippen molar-refractivity contribution in [3.63, 3.8) is 0 Å². The van der Waals surface area contributed by atoms with Crippen molar-refractivity contribution in [2.75, 3.05) is 17.7 Å². The van der Waals surface area contributed by atoms with E-state index in [9.17, 15) is 0 Å². The molecule has 0 aromatic carbocycles. The maximum absolute atomic E-state index is 16.2. The number of thiophene rings is 1. The number of aromatic amines is 1. The normalized spacial score (nSPS) is 14.2. The number of allylic oxidation sites excluding steroid dienone is 3. The van der Waals surface area contributed by atoms with Gasteiger partial charge in [-0.3, -0.25) is 9.97 Å². The van der Waals surface area contributed by atoms with Gasteiger partial charge in [0.25, 0.3) is 0 Å². The van der Waals surface area contributed by atoms with E-state index in [1.807, 2.05) is 19.1 Å². The number of hydrogen-bond donors (Lipinski definition) is 3. The molecule has 4 heterocycles. The summed E-state index contributed by atoms with van der Waals surface area (Å²) in [5.41, 5.74) is 6.49. The van der Waals surface area contributed by atoms with Gasteiger partial charge in [-0.2, -0.15) is 0 Å². The second-order valence-corrected chi connectivity index (χ2v) is 11.9.